The molecule has 0 aromatic heterocycles. The first-order valence-corrected chi connectivity index (χ1v) is 9.59. The number of nitrogens with zero attached hydrogens (tertiary/aromatic N) is 1. The van der Waals surface area contributed by atoms with E-state index in [1.54, 1.807) is 4.90 Å². The van der Waals surface area contributed by atoms with Crippen LogP contribution >= 0.6 is 0 Å². The number of rotatable bonds is 4. The lowest BCUT2D eigenvalue weighted by atomic mass is 9.92. The molecule has 2 atom stereocenters. The predicted molar refractivity (Wildman–Crippen MR) is 109 cm³/mol. The van der Waals surface area contributed by atoms with E-state index in [-0.39, 0.29) is 17.9 Å². The van der Waals surface area contributed by atoms with E-state index in [1.807, 2.05) is 69.3 Å². The van der Waals surface area contributed by atoms with E-state index in [1.165, 1.54) is 0 Å². The van der Waals surface area contributed by atoms with Gasteiger partial charge in [-0.05, 0) is 44.0 Å². The topological polar surface area (TPSA) is 58.6 Å². The van der Waals surface area contributed by atoms with Crippen LogP contribution in [-0.2, 0) is 9.59 Å². The predicted octanol–water partition coefficient (Wildman–Crippen LogP) is 3.71. The maximum absolute atomic E-state index is 13.4. The lowest BCUT2D eigenvalue weighted by molar-refractivity contribution is -0.146. The molecule has 2 aliphatic heterocycles. The van der Waals surface area contributed by atoms with Crippen molar-refractivity contribution in [2.24, 2.45) is 0 Å². The molecule has 2 aromatic rings. The van der Waals surface area contributed by atoms with E-state index >= 15 is 0 Å². The van der Waals surface area contributed by atoms with Crippen LogP contribution in [0.2, 0.25) is 0 Å². The van der Waals surface area contributed by atoms with Crippen molar-refractivity contribution in [2.45, 2.75) is 39.3 Å². The standard InChI is InChI=1S/C23H24N2O3/c1-14-7-6-8-15(2)21(14)24-23(27)22(25-12-11-20(25)26)18-13-17-9-4-5-10-19(17)28-16(18)3/h4-10,13,16,22H,11-12H2,1-3H3,(H,24,27)/t16-,22+/m0/s1. The first kappa shape index (κ1) is 18.3. The van der Waals surface area contributed by atoms with Crippen molar-refractivity contribution in [1.82, 2.24) is 4.90 Å². The molecule has 2 heterocycles. The second-order valence-electron chi connectivity index (χ2n) is 7.44. The SMILES string of the molecule is Cc1cccc(C)c1NC(=O)[C@@H](C1=Cc2ccccc2O[C@H]1C)N1CCC1=O. The largest absolute Gasteiger partial charge is 0.486 e. The molecule has 2 amide bonds. The number of para-hydroxylation sites is 2. The molecule has 5 nitrogen and oxygen atoms in total. The molecule has 0 saturated carbocycles. The van der Waals surface area contributed by atoms with Gasteiger partial charge in [0.25, 0.3) is 5.91 Å². The Labute approximate surface area is 165 Å². The number of hydrogen-bond acceptors (Lipinski definition) is 3. The third-order valence-corrected chi connectivity index (χ3v) is 5.51. The molecule has 0 spiro atoms. The molecule has 0 radical (unpaired) electrons. The number of aryl methyl sites for hydroxylation is 2. The summed E-state index contributed by atoms with van der Waals surface area (Å²) in [4.78, 5) is 27.2. The highest BCUT2D eigenvalue weighted by Gasteiger charge is 2.41. The first-order chi connectivity index (χ1) is 13.5. The summed E-state index contributed by atoms with van der Waals surface area (Å²) in [6.07, 6.45) is 2.17. The molecule has 2 aromatic carbocycles. The molecule has 0 aliphatic carbocycles. The summed E-state index contributed by atoms with van der Waals surface area (Å²) in [6, 6.07) is 13.0. The molecular formula is C23H24N2O3. The van der Waals surface area contributed by atoms with Crippen LogP contribution in [0.15, 0.2) is 48.0 Å². The second kappa shape index (κ2) is 7.15. The molecule has 1 fully saturated rings. The number of nitrogens with one attached hydrogen (secondary N) is 1. The number of amides is 2. The van der Waals surface area contributed by atoms with Gasteiger partial charge < -0.3 is 15.0 Å². The van der Waals surface area contributed by atoms with Crippen LogP contribution < -0.4 is 10.1 Å². The quantitative estimate of drug-likeness (QED) is 0.828. The molecule has 4 rings (SSSR count). The number of anilines is 1. The molecule has 0 unspecified atom stereocenters. The fourth-order valence-corrected chi connectivity index (χ4v) is 3.85. The average molecular weight is 376 g/mol. The maximum atomic E-state index is 13.4. The summed E-state index contributed by atoms with van der Waals surface area (Å²) in [7, 11) is 0. The van der Waals surface area contributed by atoms with Crippen LogP contribution in [0.5, 0.6) is 5.75 Å². The number of fused-ring (bicyclic) bond motifs is 1. The lowest BCUT2D eigenvalue weighted by Gasteiger charge is -2.41. The third-order valence-electron chi connectivity index (χ3n) is 5.51. The van der Waals surface area contributed by atoms with Crippen LogP contribution in [0.1, 0.15) is 30.0 Å². The average Bonchev–Trinajstić information content (AvgIpc) is 2.67. The summed E-state index contributed by atoms with van der Waals surface area (Å²) in [5.41, 5.74) is 4.52. The van der Waals surface area contributed by atoms with Crippen molar-refractivity contribution >= 4 is 23.6 Å². The minimum atomic E-state index is -0.677. The van der Waals surface area contributed by atoms with Gasteiger partial charge in [0.1, 0.15) is 17.9 Å². The highest BCUT2D eigenvalue weighted by Crippen LogP contribution is 2.34. The maximum Gasteiger partial charge on any atom is 0.251 e. The van der Waals surface area contributed by atoms with E-state index in [0.717, 1.165) is 33.7 Å². The van der Waals surface area contributed by atoms with Crippen molar-refractivity contribution in [3.8, 4) is 5.75 Å². The van der Waals surface area contributed by atoms with Crippen LogP contribution in [0.3, 0.4) is 0 Å². The Kier molecular flexibility index (Phi) is 4.67. The number of carbonyl (C=O) groups excluding carboxylic acids is 2. The molecule has 144 valence electrons. The molecule has 1 N–H and O–H groups in total. The number of β-lactam (4-membered cyclic amide) rings is 1. The Hall–Kier alpha value is -3.08. The fourth-order valence-electron chi connectivity index (χ4n) is 3.85. The number of benzene rings is 2. The van der Waals surface area contributed by atoms with Gasteiger partial charge in [0, 0.05) is 29.8 Å². The van der Waals surface area contributed by atoms with E-state index in [9.17, 15) is 9.59 Å². The Morgan fingerprint density at radius 2 is 1.86 bits per heavy atom. The Morgan fingerprint density at radius 1 is 1.14 bits per heavy atom. The summed E-state index contributed by atoms with van der Waals surface area (Å²) in [6.45, 7) is 6.43. The fraction of sp³-hybridized carbons (Fsp3) is 0.304. The summed E-state index contributed by atoms with van der Waals surface area (Å²) in [5, 5.41) is 3.06. The number of hydrogen-bond donors (Lipinski definition) is 1. The zero-order valence-corrected chi connectivity index (χ0v) is 16.4. The number of carbonyl (C=O) groups is 2. The Morgan fingerprint density at radius 3 is 2.50 bits per heavy atom. The van der Waals surface area contributed by atoms with Gasteiger partial charge in [-0.3, -0.25) is 9.59 Å². The number of ether oxygens (including phenoxy) is 1. The molecule has 1 saturated heterocycles. The second-order valence-corrected chi connectivity index (χ2v) is 7.44. The van der Waals surface area contributed by atoms with E-state index in [0.29, 0.717) is 13.0 Å². The first-order valence-electron chi connectivity index (χ1n) is 9.59. The van der Waals surface area contributed by atoms with Crippen LogP contribution in [0, 0.1) is 13.8 Å². The summed E-state index contributed by atoms with van der Waals surface area (Å²) < 4.78 is 6.04. The van der Waals surface area contributed by atoms with Gasteiger partial charge >= 0.3 is 0 Å². The molecule has 2 aliphatic rings. The van der Waals surface area contributed by atoms with Gasteiger partial charge in [-0.15, -0.1) is 0 Å². The zero-order valence-electron chi connectivity index (χ0n) is 16.4. The Bertz CT molecular complexity index is 959. The van der Waals surface area contributed by atoms with E-state index in [4.69, 9.17) is 4.74 Å². The van der Waals surface area contributed by atoms with Crippen molar-refractivity contribution in [3.63, 3.8) is 0 Å². The zero-order chi connectivity index (χ0) is 19.8. The smallest absolute Gasteiger partial charge is 0.251 e. The highest BCUT2D eigenvalue weighted by atomic mass is 16.5. The van der Waals surface area contributed by atoms with Crippen LogP contribution in [0.4, 0.5) is 5.69 Å². The summed E-state index contributed by atoms with van der Waals surface area (Å²) >= 11 is 0. The summed E-state index contributed by atoms with van der Waals surface area (Å²) in [5.74, 6) is 0.586. The molecule has 28 heavy (non-hydrogen) atoms. The molecule has 5 heteroatoms. The minimum Gasteiger partial charge on any atom is -0.486 e. The molecule has 0 bridgehead atoms. The van der Waals surface area contributed by atoms with Gasteiger partial charge in [0.15, 0.2) is 0 Å². The van der Waals surface area contributed by atoms with Crippen LogP contribution in [-0.4, -0.2) is 35.4 Å². The number of likely N-dealkylation sites (tertiary alicyclic amines) is 1. The van der Waals surface area contributed by atoms with Gasteiger partial charge in [0.2, 0.25) is 5.91 Å². The van der Waals surface area contributed by atoms with Crippen LogP contribution in [0.25, 0.3) is 6.08 Å². The van der Waals surface area contributed by atoms with Gasteiger partial charge in [0.05, 0.1) is 0 Å². The van der Waals surface area contributed by atoms with Gasteiger partial charge in [-0.1, -0.05) is 36.4 Å². The van der Waals surface area contributed by atoms with Crippen molar-refractivity contribution in [1.29, 1.82) is 0 Å². The van der Waals surface area contributed by atoms with Gasteiger partial charge in [-0.25, -0.2) is 0 Å². The monoisotopic (exact) mass is 376 g/mol. The Balaban J connectivity index is 1.71. The van der Waals surface area contributed by atoms with Crippen molar-refractivity contribution in [3.05, 3.63) is 64.7 Å². The van der Waals surface area contributed by atoms with E-state index in [2.05, 4.69) is 5.32 Å². The van der Waals surface area contributed by atoms with E-state index < -0.39 is 6.04 Å². The third kappa shape index (κ3) is 3.17. The van der Waals surface area contributed by atoms with Crippen molar-refractivity contribution < 1.29 is 14.3 Å². The normalized spacial score (nSPS) is 19.1. The lowest BCUT2D eigenvalue weighted by Crippen LogP contribution is -2.57. The minimum absolute atomic E-state index is 0.00591. The van der Waals surface area contributed by atoms with Gasteiger partial charge in [-0.2, -0.15) is 0 Å². The van der Waals surface area contributed by atoms with Crippen molar-refractivity contribution in [2.75, 3.05) is 11.9 Å². The molecular weight excluding hydrogens is 352 g/mol. The highest BCUT2D eigenvalue weighted by molar-refractivity contribution is 6.02.